The van der Waals surface area contributed by atoms with E-state index in [-0.39, 0.29) is 6.61 Å². The molecule has 0 atom stereocenters. The third kappa shape index (κ3) is 6.76. The van der Waals surface area contributed by atoms with E-state index in [1.54, 1.807) is 0 Å². The first kappa shape index (κ1) is 15.3. The van der Waals surface area contributed by atoms with Crippen molar-refractivity contribution < 1.29 is 19.0 Å². The zero-order valence-electron chi connectivity index (χ0n) is 10.5. The summed E-state index contributed by atoms with van der Waals surface area (Å²) >= 11 is 0. The van der Waals surface area contributed by atoms with Gasteiger partial charge in [-0.1, -0.05) is 20.4 Å². The second kappa shape index (κ2) is 8.49. The lowest BCUT2D eigenvalue weighted by atomic mass is 10.5. The molecule has 0 aromatic carbocycles. The maximum absolute atomic E-state index is 11.0. The van der Waals surface area contributed by atoms with Gasteiger partial charge in [-0.05, 0) is 12.8 Å². The van der Waals surface area contributed by atoms with E-state index in [2.05, 4.69) is 6.58 Å². The molecule has 0 aromatic rings. The third-order valence-electron chi connectivity index (χ3n) is 1.87. The second-order valence-corrected chi connectivity index (χ2v) is 5.17. The molecule has 0 amide bonds. The van der Waals surface area contributed by atoms with Gasteiger partial charge in [-0.25, -0.2) is 4.79 Å². The lowest BCUT2D eigenvalue weighted by molar-refractivity contribution is -0.207. The Kier molecular flexibility index (Phi) is 8.15. The number of hydrogen-bond acceptors (Lipinski definition) is 4. The molecule has 0 rings (SSSR count). The molecule has 0 bridgehead atoms. The van der Waals surface area contributed by atoms with Gasteiger partial charge < -0.3 is 14.2 Å². The molecular formula is C11H22O4Si. The average Bonchev–Trinajstić information content (AvgIpc) is 2.31. The molecule has 16 heavy (non-hydrogen) atoms. The van der Waals surface area contributed by atoms with Gasteiger partial charge in [0.2, 0.25) is 0 Å². The van der Waals surface area contributed by atoms with Gasteiger partial charge in [-0.3, -0.25) is 0 Å². The predicted octanol–water partition coefficient (Wildman–Crippen LogP) is 0.588. The van der Waals surface area contributed by atoms with Gasteiger partial charge in [-0.15, -0.1) is 0 Å². The highest BCUT2D eigenvalue weighted by molar-refractivity contribution is 6.13. The minimum absolute atomic E-state index is 0.143. The van der Waals surface area contributed by atoms with Gasteiger partial charge in [0.05, 0.1) is 10.2 Å². The Morgan fingerprint density at radius 1 is 1.31 bits per heavy atom. The first-order valence-corrected chi connectivity index (χ1v) is 6.65. The number of hydrogen-bond donors (Lipinski definition) is 0. The number of carbonyl (C=O) groups excluding carboxylic acids is 1. The van der Waals surface area contributed by atoms with Crippen LogP contribution in [0.5, 0.6) is 0 Å². The molecule has 4 nitrogen and oxygen atoms in total. The number of rotatable bonds is 9. The lowest BCUT2D eigenvalue weighted by Crippen LogP contribution is -2.42. The van der Waals surface area contributed by atoms with E-state index in [1.165, 1.54) is 0 Å². The van der Waals surface area contributed by atoms with Crippen molar-refractivity contribution in [1.29, 1.82) is 0 Å². The van der Waals surface area contributed by atoms with Gasteiger partial charge >= 0.3 is 5.97 Å². The van der Waals surface area contributed by atoms with Crippen molar-refractivity contribution >= 4 is 16.2 Å². The molecule has 0 spiro atoms. The van der Waals surface area contributed by atoms with E-state index in [4.69, 9.17) is 14.2 Å². The van der Waals surface area contributed by atoms with Gasteiger partial charge in [0.25, 0.3) is 0 Å². The standard InChI is InChI=1S/C11H22O4Si/c1-4-7-14-11(16,15-8-5-2)9-13-10(12)6-3/h6H,3-5,7-9H2,1-2,16H3. The molecule has 0 aromatic heterocycles. The Bertz CT molecular complexity index is 210. The van der Waals surface area contributed by atoms with E-state index in [0.717, 1.165) is 18.9 Å². The molecule has 0 N–H and O–H groups in total. The highest BCUT2D eigenvalue weighted by atomic mass is 28.1. The minimum Gasteiger partial charge on any atom is -0.457 e. The predicted molar refractivity (Wildman–Crippen MR) is 66.3 cm³/mol. The van der Waals surface area contributed by atoms with Gasteiger partial charge in [-0.2, -0.15) is 0 Å². The molecule has 0 heterocycles. The van der Waals surface area contributed by atoms with Crippen LogP contribution >= 0.6 is 0 Å². The van der Waals surface area contributed by atoms with Crippen LogP contribution in [-0.2, 0) is 19.0 Å². The molecule has 0 aliphatic carbocycles. The molecule has 0 aliphatic heterocycles. The molecule has 0 saturated carbocycles. The lowest BCUT2D eigenvalue weighted by Gasteiger charge is -2.29. The van der Waals surface area contributed by atoms with E-state index < -0.39 is 11.4 Å². The van der Waals surface area contributed by atoms with Crippen molar-refractivity contribution in [1.82, 2.24) is 0 Å². The molecule has 5 heteroatoms. The number of esters is 1. The Morgan fingerprint density at radius 3 is 2.19 bits per heavy atom. The topological polar surface area (TPSA) is 44.8 Å². The Balaban J connectivity index is 4.16. The number of carbonyl (C=O) groups is 1. The van der Waals surface area contributed by atoms with Crippen molar-refractivity contribution in [2.24, 2.45) is 0 Å². The maximum atomic E-state index is 11.0. The summed E-state index contributed by atoms with van der Waals surface area (Å²) in [6.07, 6.45) is 2.96. The van der Waals surface area contributed by atoms with E-state index in [9.17, 15) is 4.79 Å². The molecule has 0 aliphatic rings. The SMILES string of the molecule is C=CC(=O)OCC([SiH3])(OCCC)OCCC. The minimum atomic E-state index is -0.718. The van der Waals surface area contributed by atoms with E-state index in [1.807, 2.05) is 13.8 Å². The smallest absolute Gasteiger partial charge is 0.330 e. The fourth-order valence-corrected chi connectivity index (χ4v) is 1.57. The van der Waals surface area contributed by atoms with Crippen LogP contribution in [0.1, 0.15) is 26.7 Å². The zero-order chi connectivity index (χ0) is 12.4. The largest absolute Gasteiger partial charge is 0.457 e. The first-order valence-electron chi connectivity index (χ1n) is 5.65. The van der Waals surface area contributed by atoms with Crippen LogP contribution < -0.4 is 0 Å². The van der Waals surface area contributed by atoms with Gasteiger partial charge in [0, 0.05) is 19.3 Å². The summed E-state index contributed by atoms with van der Waals surface area (Å²) in [6, 6.07) is 0. The van der Waals surface area contributed by atoms with Crippen molar-refractivity contribution in [2.45, 2.75) is 32.1 Å². The van der Waals surface area contributed by atoms with Crippen LogP contribution in [0, 0.1) is 0 Å². The maximum Gasteiger partial charge on any atom is 0.330 e. The molecule has 94 valence electrons. The highest BCUT2D eigenvalue weighted by Gasteiger charge is 2.26. The highest BCUT2D eigenvalue weighted by Crippen LogP contribution is 2.11. The molecule has 0 radical (unpaired) electrons. The van der Waals surface area contributed by atoms with E-state index in [0.29, 0.717) is 23.5 Å². The van der Waals surface area contributed by atoms with E-state index >= 15 is 0 Å². The molecule has 0 fully saturated rings. The van der Waals surface area contributed by atoms with Crippen molar-refractivity contribution in [3.05, 3.63) is 12.7 Å². The summed E-state index contributed by atoms with van der Waals surface area (Å²) < 4.78 is 16.2. The van der Waals surface area contributed by atoms with Crippen LogP contribution in [0.3, 0.4) is 0 Å². The van der Waals surface area contributed by atoms with Crippen LogP contribution in [0.15, 0.2) is 12.7 Å². The average molecular weight is 246 g/mol. The third-order valence-corrected chi connectivity index (χ3v) is 2.73. The van der Waals surface area contributed by atoms with Crippen LogP contribution in [0.2, 0.25) is 0 Å². The number of ether oxygens (including phenoxy) is 3. The van der Waals surface area contributed by atoms with Crippen LogP contribution in [0.4, 0.5) is 0 Å². The fourth-order valence-electron chi connectivity index (χ4n) is 1.02. The first-order chi connectivity index (χ1) is 7.58. The van der Waals surface area contributed by atoms with Crippen LogP contribution in [0.25, 0.3) is 0 Å². The second-order valence-electron chi connectivity index (χ2n) is 3.64. The zero-order valence-corrected chi connectivity index (χ0v) is 12.5. The van der Waals surface area contributed by atoms with Crippen LogP contribution in [-0.4, -0.2) is 41.4 Å². The summed E-state index contributed by atoms with van der Waals surface area (Å²) in [5, 5.41) is 0. The van der Waals surface area contributed by atoms with Crippen molar-refractivity contribution in [3.63, 3.8) is 0 Å². The van der Waals surface area contributed by atoms with Crippen molar-refractivity contribution in [2.75, 3.05) is 19.8 Å². The summed E-state index contributed by atoms with van der Waals surface area (Å²) in [5.74, 6) is -0.444. The summed E-state index contributed by atoms with van der Waals surface area (Å²) in [4.78, 5) is 11.0. The Hall–Kier alpha value is -0.653. The van der Waals surface area contributed by atoms with Crippen molar-refractivity contribution in [3.8, 4) is 0 Å². The summed E-state index contributed by atoms with van der Waals surface area (Å²) in [6.45, 7) is 8.75. The molecule has 0 saturated heterocycles. The van der Waals surface area contributed by atoms with Gasteiger partial charge in [0.1, 0.15) is 6.61 Å². The normalized spacial score (nSPS) is 11.4. The van der Waals surface area contributed by atoms with Gasteiger partial charge in [0.15, 0.2) is 5.41 Å². The quantitative estimate of drug-likeness (QED) is 0.258. The summed E-state index contributed by atoms with van der Waals surface area (Å²) in [7, 11) is 0.649. The molecule has 0 unspecified atom stereocenters. The Labute approximate surface area is 100 Å². The Morgan fingerprint density at radius 2 is 1.81 bits per heavy atom. The summed E-state index contributed by atoms with van der Waals surface area (Å²) in [5.41, 5.74) is -0.718. The molecular weight excluding hydrogens is 224 g/mol. The fraction of sp³-hybridized carbons (Fsp3) is 0.727. The monoisotopic (exact) mass is 246 g/mol.